The van der Waals surface area contributed by atoms with Crippen LogP contribution in [0.3, 0.4) is 0 Å². The van der Waals surface area contributed by atoms with Crippen LogP contribution in [0.4, 0.5) is 10.2 Å². The first-order valence-corrected chi connectivity index (χ1v) is 6.02. The molecule has 2 N–H and O–H groups in total. The number of hydrogen-bond donors (Lipinski definition) is 2. The molecule has 0 saturated carbocycles. The summed E-state index contributed by atoms with van der Waals surface area (Å²) in [5, 5.41) is 6.47. The molecule has 0 radical (unpaired) electrons. The summed E-state index contributed by atoms with van der Waals surface area (Å²) in [5.74, 6) is -0.0378. The van der Waals surface area contributed by atoms with E-state index in [1.165, 1.54) is 12.7 Å². The van der Waals surface area contributed by atoms with Gasteiger partial charge in [-0.05, 0) is 31.7 Å². The summed E-state index contributed by atoms with van der Waals surface area (Å²) in [5.41, 5.74) is 0.554. The largest absolute Gasteiger partial charge is 0.367 e. The molecule has 4 nitrogen and oxygen atoms in total. The van der Waals surface area contributed by atoms with Crippen molar-refractivity contribution in [2.24, 2.45) is 5.41 Å². The smallest absolute Gasteiger partial charge is 0.186 e. The minimum absolute atomic E-state index is 0.170. The quantitative estimate of drug-likeness (QED) is 0.842. The first-order valence-electron chi connectivity index (χ1n) is 6.02. The number of rotatable bonds is 3. The number of halogens is 1. The van der Waals surface area contributed by atoms with Gasteiger partial charge in [0, 0.05) is 13.1 Å². The lowest BCUT2D eigenvalue weighted by Crippen LogP contribution is -2.42. The molecule has 1 aliphatic heterocycles. The van der Waals surface area contributed by atoms with Crippen LogP contribution in [-0.4, -0.2) is 29.6 Å². The van der Waals surface area contributed by atoms with Crippen molar-refractivity contribution in [1.29, 1.82) is 0 Å². The van der Waals surface area contributed by atoms with Crippen molar-refractivity contribution in [1.82, 2.24) is 15.3 Å². The highest BCUT2D eigenvalue weighted by molar-refractivity contribution is 5.37. The van der Waals surface area contributed by atoms with E-state index in [1.54, 1.807) is 6.92 Å². The molecule has 1 aromatic rings. The highest BCUT2D eigenvalue weighted by atomic mass is 19.1. The monoisotopic (exact) mass is 238 g/mol. The molecular formula is C12H19FN4. The number of nitrogens with zero attached hydrogens (tertiary/aromatic N) is 2. The summed E-state index contributed by atoms with van der Waals surface area (Å²) in [4.78, 5) is 7.75. The topological polar surface area (TPSA) is 49.8 Å². The maximum absolute atomic E-state index is 13.7. The lowest BCUT2D eigenvalue weighted by Gasteiger charge is -2.34. The van der Waals surface area contributed by atoms with Crippen molar-refractivity contribution in [3.8, 4) is 0 Å². The summed E-state index contributed by atoms with van der Waals surface area (Å²) in [6.07, 6.45) is 3.71. The molecule has 0 bridgehead atoms. The fourth-order valence-corrected chi connectivity index (χ4v) is 2.15. The summed E-state index contributed by atoms with van der Waals surface area (Å²) in [6, 6.07) is 0. The standard InChI is InChI=1S/C12H19FN4/c1-9-10(13)11(17-8-16-9)15-7-12(2)4-3-5-14-6-12/h8,14H,3-7H2,1-2H3,(H,15,16,17). The number of aromatic nitrogens is 2. The van der Waals surface area contributed by atoms with Gasteiger partial charge in [0.15, 0.2) is 11.6 Å². The first-order chi connectivity index (χ1) is 8.11. The minimum atomic E-state index is -0.347. The van der Waals surface area contributed by atoms with E-state index >= 15 is 0 Å². The highest BCUT2D eigenvalue weighted by Crippen LogP contribution is 2.26. The van der Waals surface area contributed by atoms with Crippen molar-refractivity contribution in [2.75, 3.05) is 25.0 Å². The van der Waals surface area contributed by atoms with E-state index in [0.29, 0.717) is 11.5 Å². The van der Waals surface area contributed by atoms with Gasteiger partial charge in [0.1, 0.15) is 6.33 Å². The average molecular weight is 238 g/mol. The number of anilines is 1. The van der Waals surface area contributed by atoms with Crippen LogP contribution in [0.25, 0.3) is 0 Å². The highest BCUT2D eigenvalue weighted by Gasteiger charge is 2.26. The fraction of sp³-hybridized carbons (Fsp3) is 0.667. The molecule has 94 valence electrons. The summed E-state index contributed by atoms with van der Waals surface area (Å²) >= 11 is 0. The Morgan fingerprint density at radius 1 is 1.53 bits per heavy atom. The Morgan fingerprint density at radius 3 is 3.06 bits per heavy atom. The number of hydrogen-bond acceptors (Lipinski definition) is 4. The van der Waals surface area contributed by atoms with Crippen LogP contribution in [0.1, 0.15) is 25.5 Å². The van der Waals surface area contributed by atoms with Gasteiger partial charge >= 0.3 is 0 Å². The van der Waals surface area contributed by atoms with Gasteiger partial charge in [0.2, 0.25) is 0 Å². The normalized spacial score (nSPS) is 24.6. The van der Waals surface area contributed by atoms with Gasteiger partial charge < -0.3 is 10.6 Å². The molecule has 1 fully saturated rings. The van der Waals surface area contributed by atoms with Crippen LogP contribution < -0.4 is 10.6 Å². The lowest BCUT2D eigenvalue weighted by atomic mass is 9.83. The predicted molar refractivity (Wildman–Crippen MR) is 65.4 cm³/mol. The molecule has 0 spiro atoms. The Balaban J connectivity index is 1.99. The molecule has 1 unspecified atom stereocenters. The Labute approximate surface area is 101 Å². The van der Waals surface area contributed by atoms with E-state index in [-0.39, 0.29) is 11.2 Å². The maximum Gasteiger partial charge on any atom is 0.186 e. The van der Waals surface area contributed by atoms with Gasteiger partial charge in [-0.3, -0.25) is 0 Å². The van der Waals surface area contributed by atoms with Crippen LogP contribution >= 0.6 is 0 Å². The van der Waals surface area contributed by atoms with Crippen molar-refractivity contribution in [3.63, 3.8) is 0 Å². The van der Waals surface area contributed by atoms with Crippen LogP contribution in [0.15, 0.2) is 6.33 Å². The maximum atomic E-state index is 13.7. The van der Waals surface area contributed by atoms with E-state index in [2.05, 4.69) is 27.5 Å². The summed E-state index contributed by atoms with van der Waals surface area (Å²) in [6.45, 7) is 6.62. The molecule has 17 heavy (non-hydrogen) atoms. The molecular weight excluding hydrogens is 219 g/mol. The third-order valence-electron chi connectivity index (χ3n) is 3.33. The molecule has 2 heterocycles. The Bertz CT molecular complexity index is 388. The van der Waals surface area contributed by atoms with Crippen molar-refractivity contribution < 1.29 is 4.39 Å². The van der Waals surface area contributed by atoms with Crippen molar-refractivity contribution in [2.45, 2.75) is 26.7 Å². The Hall–Kier alpha value is -1.23. The van der Waals surface area contributed by atoms with Crippen LogP contribution in [0.5, 0.6) is 0 Å². The Morgan fingerprint density at radius 2 is 2.35 bits per heavy atom. The molecule has 0 aromatic carbocycles. The van der Waals surface area contributed by atoms with Crippen molar-refractivity contribution >= 4 is 5.82 Å². The van der Waals surface area contributed by atoms with E-state index in [1.807, 2.05) is 0 Å². The second-order valence-corrected chi connectivity index (χ2v) is 5.07. The minimum Gasteiger partial charge on any atom is -0.367 e. The van der Waals surface area contributed by atoms with Crippen LogP contribution in [-0.2, 0) is 0 Å². The number of aryl methyl sites for hydroxylation is 1. The summed E-state index contributed by atoms with van der Waals surface area (Å²) in [7, 11) is 0. The zero-order valence-corrected chi connectivity index (χ0v) is 10.4. The van der Waals surface area contributed by atoms with E-state index in [9.17, 15) is 4.39 Å². The van der Waals surface area contributed by atoms with E-state index < -0.39 is 0 Å². The average Bonchev–Trinajstić information content (AvgIpc) is 2.32. The molecule has 1 aliphatic rings. The SMILES string of the molecule is Cc1ncnc(NCC2(C)CCCNC2)c1F. The third kappa shape index (κ3) is 2.91. The molecule has 0 amide bonds. The number of piperidine rings is 1. The predicted octanol–water partition coefficient (Wildman–Crippen LogP) is 1.73. The lowest BCUT2D eigenvalue weighted by molar-refractivity contribution is 0.253. The molecule has 1 atom stereocenters. The number of nitrogens with one attached hydrogen (secondary N) is 2. The van der Waals surface area contributed by atoms with E-state index in [0.717, 1.165) is 26.1 Å². The van der Waals surface area contributed by atoms with Gasteiger partial charge in [-0.25, -0.2) is 14.4 Å². The van der Waals surface area contributed by atoms with E-state index in [4.69, 9.17) is 0 Å². The van der Waals surface area contributed by atoms with Crippen molar-refractivity contribution in [3.05, 3.63) is 17.8 Å². The first kappa shape index (κ1) is 12.2. The molecule has 0 aliphatic carbocycles. The van der Waals surface area contributed by atoms with Gasteiger partial charge in [-0.15, -0.1) is 0 Å². The Kier molecular flexibility index (Phi) is 3.57. The van der Waals surface area contributed by atoms with Crippen LogP contribution in [0.2, 0.25) is 0 Å². The zero-order chi connectivity index (χ0) is 12.3. The third-order valence-corrected chi connectivity index (χ3v) is 3.33. The van der Waals surface area contributed by atoms with Gasteiger partial charge in [0.05, 0.1) is 5.69 Å². The molecule has 1 aromatic heterocycles. The molecule has 1 saturated heterocycles. The molecule has 5 heteroatoms. The second-order valence-electron chi connectivity index (χ2n) is 5.07. The summed E-state index contributed by atoms with van der Waals surface area (Å²) < 4.78 is 13.7. The second kappa shape index (κ2) is 4.96. The van der Waals surface area contributed by atoms with Gasteiger partial charge in [-0.1, -0.05) is 6.92 Å². The fourth-order valence-electron chi connectivity index (χ4n) is 2.15. The van der Waals surface area contributed by atoms with Gasteiger partial charge in [0.25, 0.3) is 0 Å². The molecule has 2 rings (SSSR count). The van der Waals surface area contributed by atoms with Gasteiger partial charge in [-0.2, -0.15) is 0 Å². The zero-order valence-electron chi connectivity index (χ0n) is 10.4. The van der Waals surface area contributed by atoms with Crippen LogP contribution in [0, 0.1) is 18.2 Å².